The molecule has 2 N–H and O–H groups in total. The Morgan fingerprint density at radius 3 is 2.83 bits per heavy atom. The molecule has 0 aliphatic carbocycles. The van der Waals surface area contributed by atoms with E-state index in [1.165, 1.54) is 19.2 Å². The highest BCUT2D eigenvalue weighted by Crippen LogP contribution is 2.26. The maximum Gasteiger partial charge on any atom is 0.228 e. The molecule has 2 aromatic rings. The quantitative estimate of drug-likeness (QED) is 0.907. The smallest absolute Gasteiger partial charge is 0.228 e. The molecule has 5 nitrogen and oxygen atoms in total. The lowest BCUT2D eigenvalue weighted by Crippen LogP contribution is -2.19. The Kier molecular flexibility index (Phi) is 4.46. The summed E-state index contributed by atoms with van der Waals surface area (Å²) in [6.07, 6.45) is 1.15. The largest absolute Gasteiger partial charge is 0.494 e. The molecule has 2 amide bonds. The maximum absolute atomic E-state index is 13.7. The van der Waals surface area contributed by atoms with Crippen molar-refractivity contribution < 1.29 is 18.7 Å². The third-order valence-corrected chi connectivity index (χ3v) is 3.87. The average molecular weight is 328 g/mol. The van der Waals surface area contributed by atoms with Gasteiger partial charge in [0.2, 0.25) is 11.8 Å². The summed E-state index contributed by atoms with van der Waals surface area (Å²) in [6, 6.07) is 9.80. The number of fused-ring (bicyclic) bond motifs is 1. The molecule has 24 heavy (non-hydrogen) atoms. The van der Waals surface area contributed by atoms with Crippen molar-refractivity contribution in [1.29, 1.82) is 0 Å². The molecule has 0 unspecified atom stereocenters. The molecule has 2 aromatic carbocycles. The average Bonchev–Trinajstić information content (AvgIpc) is 2.55. The molecule has 1 heterocycles. The zero-order valence-electron chi connectivity index (χ0n) is 13.2. The van der Waals surface area contributed by atoms with Crippen LogP contribution in [0, 0.1) is 5.82 Å². The number of benzene rings is 2. The lowest BCUT2D eigenvalue weighted by Gasteiger charge is -2.17. The van der Waals surface area contributed by atoms with Crippen LogP contribution >= 0.6 is 0 Å². The van der Waals surface area contributed by atoms with Gasteiger partial charge in [-0.1, -0.05) is 6.07 Å². The maximum atomic E-state index is 13.7. The first-order chi connectivity index (χ1) is 11.5. The molecule has 1 aliphatic heterocycles. The second-order valence-corrected chi connectivity index (χ2v) is 5.61. The molecule has 3 rings (SSSR count). The molecule has 1 aliphatic rings. The van der Waals surface area contributed by atoms with Crippen LogP contribution in [-0.2, 0) is 22.4 Å². The first-order valence-corrected chi connectivity index (χ1v) is 7.60. The predicted molar refractivity (Wildman–Crippen MR) is 88.7 cm³/mol. The van der Waals surface area contributed by atoms with E-state index in [9.17, 15) is 14.0 Å². The number of nitrogens with one attached hydrogen (secondary N) is 2. The van der Waals surface area contributed by atoms with Crippen LogP contribution in [0.15, 0.2) is 36.4 Å². The van der Waals surface area contributed by atoms with Crippen molar-refractivity contribution in [3.05, 3.63) is 53.3 Å². The van der Waals surface area contributed by atoms with Gasteiger partial charge in [-0.3, -0.25) is 9.59 Å². The summed E-state index contributed by atoms with van der Waals surface area (Å²) in [4.78, 5) is 23.5. The minimum absolute atomic E-state index is 0.000757. The Hall–Kier alpha value is -2.89. The van der Waals surface area contributed by atoms with Crippen LogP contribution in [0.5, 0.6) is 5.75 Å². The minimum Gasteiger partial charge on any atom is -0.494 e. The van der Waals surface area contributed by atoms with E-state index in [4.69, 9.17) is 4.74 Å². The summed E-state index contributed by atoms with van der Waals surface area (Å²) in [6.45, 7) is 0. The SMILES string of the molecule is COc1ccc(CC(=O)Nc2ccc3c(c2)CCC(=O)N3)cc1F. The fourth-order valence-electron chi connectivity index (χ4n) is 2.67. The molecule has 0 atom stereocenters. The van der Waals surface area contributed by atoms with Gasteiger partial charge in [-0.15, -0.1) is 0 Å². The summed E-state index contributed by atoms with van der Waals surface area (Å²) >= 11 is 0. The molecule has 0 saturated heterocycles. The summed E-state index contributed by atoms with van der Waals surface area (Å²) in [5, 5.41) is 5.59. The first-order valence-electron chi connectivity index (χ1n) is 7.60. The molecule has 0 spiro atoms. The number of methoxy groups -OCH3 is 1. The minimum atomic E-state index is -0.493. The lowest BCUT2D eigenvalue weighted by molar-refractivity contribution is -0.117. The number of anilines is 2. The van der Waals surface area contributed by atoms with Crippen LogP contribution in [0.25, 0.3) is 0 Å². The van der Waals surface area contributed by atoms with Gasteiger partial charge in [-0.2, -0.15) is 0 Å². The van der Waals surface area contributed by atoms with E-state index >= 15 is 0 Å². The molecule has 6 heteroatoms. The van der Waals surface area contributed by atoms with E-state index < -0.39 is 5.82 Å². The van der Waals surface area contributed by atoms with Gasteiger partial charge in [-0.25, -0.2) is 4.39 Å². The van der Waals surface area contributed by atoms with Crippen molar-refractivity contribution in [1.82, 2.24) is 0 Å². The van der Waals surface area contributed by atoms with Crippen LogP contribution < -0.4 is 15.4 Å². The van der Waals surface area contributed by atoms with Crippen LogP contribution in [0.2, 0.25) is 0 Å². The van der Waals surface area contributed by atoms with Gasteiger partial charge >= 0.3 is 0 Å². The summed E-state index contributed by atoms with van der Waals surface area (Å²) in [7, 11) is 1.39. The molecule has 0 radical (unpaired) electrons. The topological polar surface area (TPSA) is 67.4 Å². The fraction of sp³-hybridized carbons (Fsp3) is 0.222. The van der Waals surface area contributed by atoms with Crippen molar-refractivity contribution in [2.75, 3.05) is 17.7 Å². The highest BCUT2D eigenvalue weighted by molar-refractivity contribution is 5.96. The Labute approximate surface area is 138 Å². The number of aryl methyl sites for hydroxylation is 1. The van der Waals surface area contributed by atoms with E-state index in [2.05, 4.69) is 10.6 Å². The Morgan fingerprint density at radius 2 is 2.08 bits per heavy atom. The fourth-order valence-corrected chi connectivity index (χ4v) is 2.67. The van der Waals surface area contributed by atoms with Crippen LogP contribution in [0.3, 0.4) is 0 Å². The van der Waals surface area contributed by atoms with Crippen molar-refractivity contribution in [2.24, 2.45) is 0 Å². The van der Waals surface area contributed by atoms with Crippen molar-refractivity contribution in [2.45, 2.75) is 19.3 Å². The Bertz CT molecular complexity index is 805. The van der Waals surface area contributed by atoms with E-state index in [1.54, 1.807) is 18.2 Å². The van der Waals surface area contributed by atoms with Gasteiger partial charge in [0.1, 0.15) is 0 Å². The molecule has 0 bridgehead atoms. The number of hydrogen-bond acceptors (Lipinski definition) is 3. The number of rotatable bonds is 4. The number of ether oxygens (including phenoxy) is 1. The van der Waals surface area contributed by atoms with Crippen molar-refractivity contribution in [3.8, 4) is 5.75 Å². The van der Waals surface area contributed by atoms with Crippen molar-refractivity contribution >= 4 is 23.2 Å². The summed E-state index contributed by atoms with van der Waals surface area (Å²) in [5.74, 6) is -0.580. The third kappa shape index (κ3) is 3.53. The van der Waals surface area contributed by atoms with Crippen LogP contribution in [0.4, 0.5) is 15.8 Å². The Balaban J connectivity index is 1.67. The van der Waals surface area contributed by atoms with Gasteiger partial charge in [0, 0.05) is 17.8 Å². The lowest BCUT2D eigenvalue weighted by atomic mass is 10.0. The van der Waals surface area contributed by atoms with Gasteiger partial charge in [0.05, 0.1) is 13.5 Å². The van der Waals surface area contributed by atoms with E-state index in [-0.39, 0.29) is 24.0 Å². The third-order valence-electron chi connectivity index (χ3n) is 3.87. The number of carbonyl (C=O) groups is 2. The van der Waals surface area contributed by atoms with Crippen LogP contribution in [-0.4, -0.2) is 18.9 Å². The molecular formula is C18H17FN2O3. The highest BCUT2D eigenvalue weighted by Gasteiger charge is 2.15. The number of hydrogen-bond donors (Lipinski definition) is 2. The molecule has 0 aromatic heterocycles. The molecule has 124 valence electrons. The molecule has 0 saturated carbocycles. The second-order valence-electron chi connectivity index (χ2n) is 5.61. The number of halogens is 1. The van der Waals surface area contributed by atoms with E-state index in [1.807, 2.05) is 6.07 Å². The van der Waals surface area contributed by atoms with E-state index in [0.717, 1.165) is 11.3 Å². The highest BCUT2D eigenvalue weighted by atomic mass is 19.1. The predicted octanol–water partition coefficient (Wildman–Crippen LogP) is 2.90. The monoisotopic (exact) mass is 328 g/mol. The summed E-state index contributed by atoms with van der Waals surface area (Å²) < 4.78 is 18.5. The van der Waals surface area contributed by atoms with Crippen molar-refractivity contribution in [3.63, 3.8) is 0 Å². The van der Waals surface area contributed by atoms with E-state index in [0.29, 0.717) is 24.1 Å². The van der Waals surface area contributed by atoms with Crippen LogP contribution in [0.1, 0.15) is 17.5 Å². The van der Waals surface area contributed by atoms with Gasteiger partial charge < -0.3 is 15.4 Å². The standard InChI is InChI=1S/C18H17FN2O3/c1-24-16-6-2-11(8-14(16)19)9-18(23)20-13-4-5-15-12(10-13)3-7-17(22)21-15/h2,4-6,8,10H,3,7,9H2,1H3,(H,20,23)(H,21,22). The second kappa shape index (κ2) is 6.70. The first kappa shape index (κ1) is 16.0. The number of amides is 2. The molecule has 0 fully saturated rings. The molecular weight excluding hydrogens is 311 g/mol. The summed E-state index contributed by atoms with van der Waals surface area (Å²) in [5.41, 5.74) is 2.99. The number of carbonyl (C=O) groups excluding carboxylic acids is 2. The van der Waals surface area contributed by atoms with Gasteiger partial charge in [0.25, 0.3) is 0 Å². The Morgan fingerprint density at radius 1 is 1.25 bits per heavy atom. The van der Waals surface area contributed by atoms with Gasteiger partial charge in [0.15, 0.2) is 11.6 Å². The normalized spacial score (nSPS) is 13.0. The van der Waals surface area contributed by atoms with Gasteiger partial charge in [-0.05, 0) is 47.9 Å². The zero-order chi connectivity index (χ0) is 17.1. The zero-order valence-corrected chi connectivity index (χ0v) is 13.2.